The molecule has 0 saturated heterocycles. The monoisotopic (exact) mass is 233 g/mol. The highest BCUT2D eigenvalue weighted by molar-refractivity contribution is 5.35. The van der Waals surface area contributed by atoms with Gasteiger partial charge in [0.15, 0.2) is 5.69 Å². The van der Waals surface area contributed by atoms with E-state index in [9.17, 15) is 18.0 Å². The minimum absolute atomic E-state index is 0.0644. The van der Waals surface area contributed by atoms with Crippen molar-refractivity contribution < 1.29 is 13.2 Å². The Bertz CT molecular complexity index is 466. The highest BCUT2D eigenvalue weighted by Crippen LogP contribution is 2.39. The van der Waals surface area contributed by atoms with Crippen molar-refractivity contribution in [1.82, 2.24) is 9.97 Å². The van der Waals surface area contributed by atoms with Crippen molar-refractivity contribution in [3.05, 3.63) is 27.4 Å². The normalized spacial score (nSPS) is 19.9. The lowest BCUT2D eigenvalue weighted by Gasteiger charge is -2.14. The fourth-order valence-electron chi connectivity index (χ4n) is 2.08. The topological polar surface area (TPSA) is 71.8 Å². The first-order valence-corrected chi connectivity index (χ1v) is 4.84. The summed E-state index contributed by atoms with van der Waals surface area (Å²) in [6, 6.07) is 0. The Hall–Kier alpha value is -1.37. The largest absolute Gasteiger partial charge is 0.433 e. The van der Waals surface area contributed by atoms with E-state index in [2.05, 4.69) is 9.97 Å². The Labute approximate surface area is 88.7 Å². The molecule has 0 amide bonds. The molecule has 88 valence electrons. The van der Waals surface area contributed by atoms with E-state index in [0.29, 0.717) is 18.5 Å². The molecule has 0 aromatic carbocycles. The number of aromatic amines is 1. The molecule has 0 aliphatic heterocycles. The van der Waals surface area contributed by atoms with Crippen LogP contribution in [-0.2, 0) is 12.6 Å². The number of hydrogen-bond acceptors (Lipinski definition) is 3. The zero-order valence-corrected chi connectivity index (χ0v) is 8.27. The number of fused-ring (bicyclic) bond motifs is 1. The van der Waals surface area contributed by atoms with Crippen LogP contribution in [0.2, 0.25) is 0 Å². The van der Waals surface area contributed by atoms with Gasteiger partial charge in [-0.3, -0.25) is 0 Å². The molecule has 0 bridgehead atoms. The maximum Gasteiger partial charge on any atom is 0.433 e. The molecular weight excluding hydrogens is 223 g/mol. The first-order chi connectivity index (χ1) is 7.43. The van der Waals surface area contributed by atoms with Crippen LogP contribution in [0.3, 0.4) is 0 Å². The van der Waals surface area contributed by atoms with Crippen LogP contribution in [0, 0.1) is 0 Å². The Balaban J connectivity index is 2.65. The quantitative estimate of drug-likeness (QED) is 0.752. The Kier molecular flexibility index (Phi) is 2.49. The second-order valence-corrected chi connectivity index (χ2v) is 3.75. The van der Waals surface area contributed by atoms with Crippen LogP contribution < -0.4 is 11.4 Å². The summed E-state index contributed by atoms with van der Waals surface area (Å²) < 4.78 is 38.0. The number of nitrogens with two attached hydrogens (primary N) is 1. The fourth-order valence-corrected chi connectivity index (χ4v) is 2.08. The molecule has 3 N–H and O–H groups in total. The molecular formula is C9H10F3N3O. The average Bonchev–Trinajstić information content (AvgIpc) is 2.57. The summed E-state index contributed by atoms with van der Waals surface area (Å²) in [5, 5.41) is 0. The molecule has 0 radical (unpaired) electrons. The van der Waals surface area contributed by atoms with Gasteiger partial charge in [-0.25, -0.2) is 4.79 Å². The molecule has 1 atom stereocenters. The summed E-state index contributed by atoms with van der Waals surface area (Å²) in [5.74, 6) is -0.365. The van der Waals surface area contributed by atoms with E-state index in [1.165, 1.54) is 0 Å². The van der Waals surface area contributed by atoms with E-state index in [-0.39, 0.29) is 18.0 Å². The van der Waals surface area contributed by atoms with Crippen molar-refractivity contribution in [3.63, 3.8) is 0 Å². The zero-order chi connectivity index (χ0) is 11.9. The molecule has 7 heteroatoms. The number of halogens is 3. The number of nitrogens with one attached hydrogen (secondary N) is 1. The highest BCUT2D eigenvalue weighted by atomic mass is 19.4. The number of nitrogens with zero attached hydrogens (tertiary/aromatic N) is 1. The van der Waals surface area contributed by atoms with Gasteiger partial charge in [0.25, 0.3) is 0 Å². The van der Waals surface area contributed by atoms with Gasteiger partial charge in [-0.05, 0) is 19.4 Å². The van der Waals surface area contributed by atoms with Crippen LogP contribution >= 0.6 is 0 Å². The minimum atomic E-state index is -4.60. The van der Waals surface area contributed by atoms with Gasteiger partial charge in [0, 0.05) is 17.2 Å². The van der Waals surface area contributed by atoms with Crippen molar-refractivity contribution in [2.75, 3.05) is 6.54 Å². The predicted molar refractivity (Wildman–Crippen MR) is 50.0 cm³/mol. The van der Waals surface area contributed by atoms with Crippen molar-refractivity contribution >= 4 is 0 Å². The number of rotatable bonds is 1. The van der Waals surface area contributed by atoms with E-state index in [1.54, 1.807) is 0 Å². The fraction of sp³-hybridized carbons (Fsp3) is 0.556. The predicted octanol–water partition coefficient (Wildman–Crippen LogP) is 0.777. The third kappa shape index (κ3) is 1.71. The van der Waals surface area contributed by atoms with Gasteiger partial charge in [-0.15, -0.1) is 0 Å². The van der Waals surface area contributed by atoms with Crippen LogP contribution in [-0.4, -0.2) is 16.5 Å². The summed E-state index contributed by atoms with van der Waals surface area (Å²) in [6.45, 7) is 0.129. The number of hydrogen-bond donors (Lipinski definition) is 2. The Morgan fingerprint density at radius 3 is 2.75 bits per heavy atom. The van der Waals surface area contributed by atoms with Gasteiger partial charge in [0.2, 0.25) is 0 Å². The Morgan fingerprint density at radius 1 is 1.50 bits per heavy atom. The van der Waals surface area contributed by atoms with Gasteiger partial charge in [0.05, 0.1) is 0 Å². The van der Waals surface area contributed by atoms with E-state index < -0.39 is 17.6 Å². The smallest absolute Gasteiger partial charge is 0.330 e. The van der Waals surface area contributed by atoms with Crippen LogP contribution in [0.25, 0.3) is 0 Å². The summed E-state index contributed by atoms with van der Waals surface area (Å²) >= 11 is 0. The number of alkyl halides is 3. The number of aryl methyl sites for hydroxylation is 1. The molecule has 2 rings (SSSR count). The van der Waals surface area contributed by atoms with Crippen LogP contribution in [0.15, 0.2) is 4.79 Å². The molecule has 0 fully saturated rings. The SMILES string of the molecule is NCC1CCc2[nH]c(=O)nc(C(F)(F)F)c21. The standard InChI is InChI=1S/C9H10F3N3O/c10-9(11,12)7-6-4(3-13)1-2-5(6)14-8(16)15-7/h4H,1-3,13H2,(H,14,15,16). The summed E-state index contributed by atoms with van der Waals surface area (Å²) in [7, 11) is 0. The second kappa shape index (κ2) is 3.58. The second-order valence-electron chi connectivity index (χ2n) is 3.75. The van der Waals surface area contributed by atoms with E-state index >= 15 is 0 Å². The third-order valence-electron chi connectivity index (χ3n) is 2.76. The molecule has 1 aromatic rings. The van der Waals surface area contributed by atoms with Gasteiger partial charge in [0.1, 0.15) is 0 Å². The first kappa shape index (κ1) is 11.1. The number of H-pyrrole nitrogens is 1. The van der Waals surface area contributed by atoms with Crippen LogP contribution in [0.5, 0.6) is 0 Å². The van der Waals surface area contributed by atoms with E-state index in [4.69, 9.17) is 5.73 Å². The summed E-state index contributed by atoms with van der Waals surface area (Å²) in [6.07, 6.45) is -3.66. The summed E-state index contributed by atoms with van der Waals surface area (Å²) in [5.41, 5.74) is 3.76. The average molecular weight is 233 g/mol. The first-order valence-electron chi connectivity index (χ1n) is 4.84. The molecule has 1 heterocycles. The van der Waals surface area contributed by atoms with Gasteiger partial charge >= 0.3 is 11.9 Å². The maximum atomic E-state index is 12.7. The molecule has 1 aromatic heterocycles. The molecule has 1 unspecified atom stereocenters. The molecule has 1 aliphatic carbocycles. The molecule has 16 heavy (non-hydrogen) atoms. The van der Waals surface area contributed by atoms with E-state index in [1.807, 2.05) is 0 Å². The molecule has 0 saturated carbocycles. The third-order valence-corrected chi connectivity index (χ3v) is 2.76. The van der Waals surface area contributed by atoms with Gasteiger partial charge in [-0.1, -0.05) is 0 Å². The number of aromatic nitrogens is 2. The van der Waals surface area contributed by atoms with Gasteiger partial charge < -0.3 is 10.7 Å². The maximum absolute atomic E-state index is 12.7. The molecule has 0 spiro atoms. The molecule has 1 aliphatic rings. The molecule has 4 nitrogen and oxygen atoms in total. The van der Waals surface area contributed by atoms with Crippen molar-refractivity contribution in [3.8, 4) is 0 Å². The lowest BCUT2D eigenvalue weighted by molar-refractivity contribution is -0.142. The lowest BCUT2D eigenvalue weighted by atomic mass is 10.0. The van der Waals surface area contributed by atoms with Gasteiger partial charge in [-0.2, -0.15) is 18.2 Å². The van der Waals surface area contributed by atoms with Crippen molar-refractivity contribution in [2.24, 2.45) is 5.73 Å². The van der Waals surface area contributed by atoms with Crippen LogP contribution in [0.1, 0.15) is 29.3 Å². The Morgan fingerprint density at radius 2 is 2.19 bits per heavy atom. The van der Waals surface area contributed by atoms with Crippen molar-refractivity contribution in [2.45, 2.75) is 24.9 Å². The zero-order valence-electron chi connectivity index (χ0n) is 8.27. The minimum Gasteiger partial charge on any atom is -0.330 e. The highest BCUT2D eigenvalue weighted by Gasteiger charge is 2.40. The van der Waals surface area contributed by atoms with E-state index in [0.717, 1.165) is 0 Å². The van der Waals surface area contributed by atoms with Crippen LogP contribution in [0.4, 0.5) is 13.2 Å². The van der Waals surface area contributed by atoms with Crippen molar-refractivity contribution in [1.29, 1.82) is 0 Å². The lowest BCUT2D eigenvalue weighted by Crippen LogP contribution is -2.24. The summed E-state index contributed by atoms with van der Waals surface area (Å²) in [4.78, 5) is 16.4.